The van der Waals surface area contributed by atoms with Crippen molar-refractivity contribution in [2.75, 3.05) is 66.4 Å². The minimum atomic E-state index is -1.27. The van der Waals surface area contributed by atoms with Crippen molar-refractivity contribution in [3.63, 3.8) is 0 Å². The molecule has 490 valence electrons. The number of amides is 4. The Hall–Kier alpha value is -5.90. The second-order valence-corrected chi connectivity index (χ2v) is 24.9. The summed E-state index contributed by atoms with van der Waals surface area (Å²) in [4.78, 5) is 121. The molecule has 0 radical (unpaired) electrons. The molecule has 2 aromatic carbocycles. The fourth-order valence-electron chi connectivity index (χ4n) is 9.93. The average molecular weight is 1250 g/mol. The fraction of sp³-hybridized carbons (Fsp3) is 0.657. The molecule has 2 aliphatic rings. The normalized spacial score (nSPS) is 20.4. The minimum absolute atomic E-state index is 0.000185. The first kappa shape index (κ1) is 74.6. The first-order valence-corrected chi connectivity index (χ1v) is 31.8. The van der Waals surface area contributed by atoms with Gasteiger partial charge in [0, 0.05) is 88.4 Å². The van der Waals surface area contributed by atoms with Gasteiger partial charge in [-0.25, -0.2) is 4.79 Å². The molecule has 2 aliphatic heterocycles. The standard InChI is InChI=1S/C67H99ClN4O16/c1-11-50(73)16-14-17-51(74)41-52(44(4)5)63(78)72-54(18-12-13-30-69-59(76)29-31-83-34-35-85-37-36-84-33-32-82-10)56(75)28-25-47-23-26-49(27-24-47)62-61(88-62)46(7)57-19-15-20-60(77)71-55(40-48-22-21-45(6)53(68)39-48)64(79)70-42-67(8,9)66(81)87-58(38-43(2)3)65(80)86-57/h15,20-24,26-27,39,43-44,46,52,54-55,57-58,61-62H,11-14,16-19,25,28-38,40-42H2,1-10H3,(H,69,76)(H,70,79)(H,71,77)(H,72,78)/b20-15+/t46-,52-,54-,55+,57-,58-,61+,62+/m0/s1. The molecule has 2 aromatic rings. The van der Waals surface area contributed by atoms with Gasteiger partial charge in [-0.2, -0.15) is 0 Å². The number of halogens is 1. The topological polar surface area (TPSA) is 270 Å². The molecule has 21 heteroatoms. The summed E-state index contributed by atoms with van der Waals surface area (Å²) in [5.41, 5.74) is 2.03. The van der Waals surface area contributed by atoms with Crippen LogP contribution in [-0.4, -0.2) is 150 Å². The van der Waals surface area contributed by atoms with Crippen molar-refractivity contribution in [1.29, 1.82) is 0 Å². The van der Waals surface area contributed by atoms with Crippen molar-refractivity contribution >= 4 is 64.5 Å². The van der Waals surface area contributed by atoms with Crippen molar-refractivity contribution in [3.05, 3.63) is 81.9 Å². The lowest BCUT2D eigenvalue weighted by Gasteiger charge is -2.29. The summed E-state index contributed by atoms with van der Waals surface area (Å²) in [7, 11) is 1.61. The number of esters is 2. The number of carbonyl (C=O) groups is 9. The molecule has 0 spiro atoms. The van der Waals surface area contributed by atoms with E-state index in [4.69, 9.17) is 44.8 Å². The van der Waals surface area contributed by atoms with Crippen LogP contribution in [0.1, 0.15) is 161 Å². The lowest BCUT2D eigenvalue weighted by atomic mass is 9.88. The lowest BCUT2D eigenvalue weighted by molar-refractivity contribution is -0.179. The van der Waals surface area contributed by atoms with Crippen molar-refractivity contribution in [2.24, 2.45) is 29.1 Å². The molecule has 0 aliphatic carbocycles. The minimum Gasteiger partial charge on any atom is -0.459 e. The molecule has 88 heavy (non-hydrogen) atoms. The zero-order valence-electron chi connectivity index (χ0n) is 53.6. The number of methoxy groups -OCH3 is 1. The Labute approximate surface area is 526 Å². The zero-order valence-corrected chi connectivity index (χ0v) is 54.4. The highest BCUT2D eigenvalue weighted by molar-refractivity contribution is 6.31. The Bertz CT molecular complexity index is 2610. The van der Waals surface area contributed by atoms with Crippen LogP contribution in [0, 0.1) is 36.0 Å². The molecule has 8 atom stereocenters. The quantitative estimate of drug-likeness (QED) is 0.0280. The van der Waals surface area contributed by atoms with E-state index in [2.05, 4.69) is 21.3 Å². The molecule has 0 unspecified atom stereocenters. The molecule has 0 saturated carbocycles. The number of nitrogens with one attached hydrogen (secondary N) is 4. The van der Waals surface area contributed by atoms with E-state index in [1.807, 2.05) is 77.9 Å². The van der Waals surface area contributed by atoms with E-state index in [-0.39, 0.29) is 105 Å². The summed E-state index contributed by atoms with van der Waals surface area (Å²) < 4.78 is 39.6. The third-order valence-corrected chi connectivity index (χ3v) is 16.2. The van der Waals surface area contributed by atoms with Crippen LogP contribution in [0.25, 0.3) is 0 Å². The molecule has 4 rings (SSSR count). The number of hydrogen-bond donors (Lipinski definition) is 4. The molecular weight excluding hydrogens is 1150 g/mol. The maximum Gasteiger partial charge on any atom is 0.347 e. The van der Waals surface area contributed by atoms with Crippen molar-refractivity contribution < 1.29 is 76.3 Å². The van der Waals surface area contributed by atoms with E-state index in [9.17, 15) is 43.2 Å². The molecule has 4 amide bonds. The van der Waals surface area contributed by atoms with Crippen LogP contribution < -0.4 is 21.3 Å². The number of epoxide rings is 1. The van der Waals surface area contributed by atoms with Crippen LogP contribution in [0.3, 0.4) is 0 Å². The third kappa shape index (κ3) is 27.5. The number of cyclic esters (lactones) is 2. The molecule has 1 fully saturated rings. The molecule has 2 heterocycles. The maximum atomic E-state index is 14.1. The summed E-state index contributed by atoms with van der Waals surface area (Å²) in [6, 6.07) is 11.2. The van der Waals surface area contributed by atoms with Crippen LogP contribution in [0.2, 0.25) is 5.02 Å². The number of ether oxygens (including phenoxy) is 7. The van der Waals surface area contributed by atoms with Crippen molar-refractivity contribution in [1.82, 2.24) is 21.3 Å². The highest BCUT2D eigenvalue weighted by atomic mass is 35.5. The number of hydrogen-bond acceptors (Lipinski definition) is 16. The number of Topliss-reactive ketones (excluding diaryl/α,β-unsaturated/α-hetero) is 3. The SMILES string of the molecule is CCC(=O)CCCC(=O)C[C@H](C(=O)N[C@@H](CCCCNC(=O)CCOCCOCCOCCOC)C(=O)CCc1ccc([C@H]2O[C@@H]2[C@@H](C)[C@@H]2C/C=C/C(=O)N[C@H](Cc3ccc(C)c(Cl)c3)C(=O)NCC(C)(C)C(=O)O[C@@H](CC(C)C)C(=O)O2)cc1)C(C)C. The van der Waals surface area contributed by atoms with Gasteiger partial charge in [0.05, 0.1) is 63.8 Å². The van der Waals surface area contributed by atoms with Gasteiger partial charge < -0.3 is 54.4 Å². The van der Waals surface area contributed by atoms with Gasteiger partial charge in [0.1, 0.15) is 29.8 Å². The van der Waals surface area contributed by atoms with E-state index in [0.29, 0.717) is 96.2 Å². The summed E-state index contributed by atoms with van der Waals surface area (Å²) in [6.07, 6.45) is 3.82. The van der Waals surface area contributed by atoms with Crippen molar-refractivity contribution in [3.8, 4) is 0 Å². The second-order valence-electron chi connectivity index (χ2n) is 24.5. The largest absolute Gasteiger partial charge is 0.459 e. The maximum absolute atomic E-state index is 14.1. The summed E-state index contributed by atoms with van der Waals surface area (Å²) in [5, 5.41) is 12.0. The van der Waals surface area contributed by atoms with E-state index in [1.54, 1.807) is 40.0 Å². The predicted molar refractivity (Wildman–Crippen MR) is 333 cm³/mol. The van der Waals surface area contributed by atoms with Gasteiger partial charge >= 0.3 is 11.9 Å². The summed E-state index contributed by atoms with van der Waals surface area (Å²) in [5.74, 6) is -4.61. The molecule has 0 aromatic heterocycles. The van der Waals surface area contributed by atoms with Crippen LogP contribution >= 0.6 is 11.6 Å². The van der Waals surface area contributed by atoms with Gasteiger partial charge in [0.2, 0.25) is 23.6 Å². The smallest absolute Gasteiger partial charge is 0.347 e. The van der Waals surface area contributed by atoms with E-state index >= 15 is 0 Å². The Morgan fingerprint density at radius 1 is 0.795 bits per heavy atom. The highest BCUT2D eigenvalue weighted by Crippen LogP contribution is 2.45. The van der Waals surface area contributed by atoms with Gasteiger partial charge in [0.15, 0.2) is 11.9 Å². The number of rotatable bonds is 38. The molecule has 20 nitrogen and oxygen atoms in total. The highest BCUT2D eigenvalue weighted by Gasteiger charge is 2.48. The first-order chi connectivity index (χ1) is 41.9. The number of benzene rings is 2. The van der Waals surface area contributed by atoms with E-state index in [0.717, 1.165) is 22.3 Å². The summed E-state index contributed by atoms with van der Waals surface area (Å²) in [6.45, 7) is 19.3. The fourth-order valence-corrected chi connectivity index (χ4v) is 10.1. The predicted octanol–water partition coefficient (Wildman–Crippen LogP) is 8.16. The van der Waals surface area contributed by atoms with Gasteiger partial charge in [-0.1, -0.05) is 95.6 Å². The zero-order chi connectivity index (χ0) is 64.8. The van der Waals surface area contributed by atoms with Crippen LogP contribution in [0.4, 0.5) is 0 Å². The van der Waals surface area contributed by atoms with Crippen LogP contribution in [0.15, 0.2) is 54.6 Å². The molecule has 4 N–H and O–H groups in total. The average Bonchev–Trinajstić information content (AvgIpc) is 3.10. The Kier molecular flexibility index (Phi) is 33.3. The van der Waals surface area contributed by atoms with Crippen molar-refractivity contribution in [2.45, 2.75) is 189 Å². The number of aryl methyl sites for hydroxylation is 2. The monoisotopic (exact) mass is 1250 g/mol. The van der Waals surface area contributed by atoms with E-state index < -0.39 is 71.4 Å². The lowest BCUT2D eigenvalue weighted by Crippen LogP contribution is -2.51. The van der Waals surface area contributed by atoms with Gasteiger partial charge in [0.25, 0.3) is 0 Å². The van der Waals surface area contributed by atoms with Crippen LogP contribution in [0.5, 0.6) is 0 Å². The number of carbonyl (C=O) groups excluding carboxylic acids is 9. The second kappa shape index (κ2) is 39.3. The van der Waals surface area contributed by atoms with Gasteiger partial charge in [-0.15, -0.1) is 0 Å². The Balaban J connectivity index is 1.42. The Morgan fingerprint density at radius 3 is 2.10 bits per heavy atom. The molecule has 1 saturated heterocycles. The first-order valence-electron chi connectivity index (χ1n) is 31.4. The molecule has 0 bridgehead atoms. The molecular formula is C67H99ClN4O16. The van der Waals surface area contributed by atoms with Gasteiger partial charge in [-0.05, 0) is 106 Å². The Morgan fingerprint density at radius 2 is 1.45 bits per heavy atom. The number of ketones is 3. The van der Waals surface area contributed by atoms with Crippen LogP contribution in [-0.2, 0) is 89.2 Å². The number of unbranched alkanes of at least 4 members (excludes halogenated alkanes) is 1. The van der Waals surface area contributed by atoms with E-state index in [1.165, 1.54) is 6.08 Å². The third-order valence-electron chi connectivity index (χ3n) is 15.8. The summed E-state index contributed by atoms with van der Waals surface area (Å²) >= 11 is 6.41. The van der Waals surface area contributed by atoms with Gasteiger partial charge in [-0.3, -0.25) is 38.4 Å².